The molecule has 5 heteroatoms. The first-order valence-electron chi connectivity index (χ1n) is 6.44. The molecule has 2 rings (SSSR count). The third-order valence-electron chi connectivity index (χ3n) is 3.82. The number of nitrogens with zero attached hydrogens (tertiary/aromatic N) is 1. The highest BCUT2D eigenvalue weighted by molar-refractivity contribution is 6.07. The van der Waals surface area contributed by atoms with Crippen molar-refractivity contribution < 1.29 is 9.59 Å². The fourth-order valence-corrected chi connectivity index (χ4v) is 2.48. The third kappa shape index (κ3) is 2.16. The summed E-state index contributed by atoms with van der Waals surface area (Å²) in [6.07, 6.45) is 2.66. The van der Waals surface area contributed by atoms with Gasteiger partial charge in [-0.25, -0.2) is 4.79 Å². The van der Waals surface area contributed by atoms with E-state index in [4.69, 9.17) is 0 Å². The van der Waals surface area contributed by atoms with Crippen molar-refractivity contribution in [2.75, 3.05) is 19.6 Å². The summed E-state index contributed by atoms with van der Waals surface area (Å²) in [5.41, 5.74) is -0.664. The molecule has 0 aromatic carbocycles. The Balaban J connectivity index is 2.10. The van der Waals surface area contributed by atoms with Gasteiger partial charge in [0, 0.05) is 13.1 Å². The van der Waals surface area contributed by atoms with Crippen LogP contribution in [0.3, 0.4) is 0 Å². The molecule has 0 radical (unpaired) electrons. The van der Waals surface area contributed by atoms with Gasteiger partial charge in [0.25, 0.3) is 5.91 Å². The van der Waals surface area contributed by atoms with Crippen molar-refractivity contribution in [1.29, 1.82) is 0 Å². The quantitative estimate of drug-likeness (QED) is 0.713. The van der Waals surface area contributed by atoms with Gasteiger partial charge >= 0.3 is 6.03 Å². The largest absolute Gasteiger partial charge is 0.325 e. The molecule has 2 fully saturated rings. The molecule has 5 nitrogen and oxygen atoms in total. The highest BCUT2D eigenvalue weighted by Crippen LogP contribution is 2.25. The molecule has 2 atom stereocenters. The highest BCUT2D eigenvalue weighted by atomic mass is 16.2. The van der Waals surface area contributed by atoms with Crippen LogP contribution in [-0.4, -0.2) is 42.0 Å². The number of carbonyl (C=O) groups excluding carboxylic acids is 2. The molecule has 2 aliphatic rings. The lowest BCUT2D eigenvalue weighted by Gasteiger charge is -2.31. The average Bonchev–Trinajstić information content (AvgIpc) is 2.55. The second kappa shape index (κ2) is 4.64. The molecular weight excluding hydrogens is 218 g/mol. The summed E-state index contributed by atoms with van der Waals surface area (Å²) in [5.74, 6) is 0.311. The Morgan fingerprint density at radius 3 is 2.82 bits per heavy atom. The van der Waals surface area contributed by atoms with E-state index >= 15 is 0 Å². The highest BCUT2D eigenvalue weighted by Gasteiger charge is 2.51. The van der Waals surface area contributed by atoms with E-state index in [0.717, 1.165) is 25.8 Å². The summed E-state index contributed by atoms with van der Waals surface area (Å²) in [6.45, 7) is 6.15. The zero-order chi connectivity index (χ0) is 12.5. The van der Waals surface area contributed by atoms with Gasteiger partial charge in [-0.3, -0.25) is 9.69 Å². The van der Waals surface area contributed by atoms with Crippen LogP contribution < -0.4 is 10.6 Å². The number of hydrogen-bond donors (Lipinski definition) is 2. The number of piperidine rings is 1. The van der Waals surface area contributed by atoms with E-state index in [1.54, 1.807) is 0 Å². The molecule has 2 saturated heterocycles. The first kappa shape index (κ1) is 12.4. The Labute approximate surface area is 102 Å². The topological polar surface area (TPSA) is 61.4 Å². The molecule has 0 aromatic heterocycles. The summed E-state index contributed by atoms with van der Waals surface area (Å²) in [7, 11) is 0. The molecule has 0 saturated carbocycles. The number of nitrogens with one attached hydrogen (secondary N) is 2. The van der Waals surface area contributed by atoms with E-state index < -0.39 is 5.54 Å². The van der Waals surface area contributed by atoms with Crippen LogP contribution in [0.2, 0.25) is 0 Å². The van der Waals surface area contributed by atoms with Crippen molar-refractivity contribution in [2.24, 2.45) is 5.92 Å². The molecule has 2 heterocycles. The molecule has 1 spiro atoms. The van der Waals surface area contributed by atoms with Crippen molar-refractivity contribution in [3.8, 4) is 0 Å². The minimum atomic E-state index is -0.664. The molecule has 2 N–H and O–H groups in total. The van der Waals surface area contributed by atoms with E-state index in [1.807, 2.05) is 0 Å². The van der Waals surface area contributed by atoms with Gasteiger partial charge in [-0.1, -0.05) is 20.3 Å². The summed E-state index contributed by atoms with van der Waals surface area (Å²) in [4.78, 5) is 25.6. The van der Waals surface area contributed by atoms with E-state index in [2.05, 4.69) is 24.5 Å². The van der Waals surface area contributed by atoms with Crippen LogP contribution in [-0.2, 0) is 4.79 Å². The van der Waals surface area contributed by atoms with E-state index in [-0.39, 0.29) is 11.9 Å². The van der Waals surface area contributed by atoms with Crippen LogP contribution in [0, 0.1) is 5.92 Å². The molecule has 2 aliphatic heterocycles. The van der Waals surface area contributed by atoms with Crippen molar-refractivity contribution in [3.05, 3.63) is 0 Å². The zero-order valence-electron chi connectivity index (χ0n) is 10.6. The Morgan fingerprint density at radius 1 is 1.47 bits per heavy atom. The summed E-state index contributed by atoms with van der Waals surface area (Å²) in [5, 5.41) is 6.07. The average molecular weight is 239 g/mol. The molecule has 96 valence electrons. The number of hydrogen-bond acceptors (Lipinski definition) is 3. The van der Waals surface area contributed by atoms with Crippen LogP contribution in [0.5, 0.6) is 0 Å². The van der Waals surface area contributed by atoms with E-state index in [1.165, 1.54) is 4.90 Å². The lowest BCUT2D eigenvalue weighted by Crippen LogP contribution is -2.57. The molecule has 0 bridgehead atoms. The molecule has 3 amide bonds. The second-order valence-corrected chi connectivity index (χ2v) is 5.22. The van der Waals surface area contributed by atoms with E-state index in [9.17, 15) is 9.59 Å². The zero-order valence-corrected chi connectivity index (χ0v) is 10.6. The van der Waals surface area contributed by atoms with Gasteiger partial charge in [0.1, 0.15) is 5.54 Å². The Hall–Kier alpha value is -1.10. The number of carbonyl (C=O) groups is 2. The second-order valence-electron chi connectivity index (χ2n) is 5.22. The van der Waals surface area contributed by atoms with Crippen LogP contribution in [0.1, 0.15) is 33.1 Å². The van der Waals surface area contributed by atoms with Gasteiger partial charge < -0.3 is 10.6 Å². The summed E-state index contributed by atoms with van der Waals surface area (Å²) >= 11 is 0. The maximum absolute atomic E-state index is 12.3. The minimum absolute atomic E-state index is 0.0463. The predicted molar refractivity (Wildman–Crippen MR) is 64.5 cm³/mol. The predicted octanol–water partition coefficient (Wildman–Crippen LogP) is 0.707. The molecule has 0 aliphatic carbocycles. The van der Waals surface area contributed by atoms with Gasteiger partial charge in [0.05, 0.1) is 0 Å². The standard InChI is InChI=1S/C12H21N3O2/c1-3-9(2)7-15-10(16)12(14-11(15)17)5-4-6-13-8-12/h9,13H,3-8H2,1-2H3,(H,14,17). The first-order valence-corrected chi connectivity index (χ1v) is 6.44. The SMILES string of the molecule is CCC(C)CN1C(=O)NC2(CCCNC2)C1=O. The van der Waals surface area contributed by atoms with Gasteiger partial charge in [-0.05, 0) is 25.3 Å². The van der Waals surface area contributed by atoms with Gasteiger partial charge in [-0.15, -0.1) is 0 Å². The Kier molecular flexibility index (Phi) is 3.38. The Bertz CT molecular complexity index is 324. The van der Waals surface area contributed by atoms with Crippen molar-refractivity contribution in [1.82, 2.24) is 15.5 Å². The maximum Gasteiger partial charge on any atom is 0.325 e. The van der Waals surface area contributed by atoms with Crippen LogP contribution >= 0.6 is 0 Å². The third-order valence-corrected chi connectivity index (χ3v) is 3.82. The van der Waals surface area contributed by atoms with Crippen LogP contribution in [0.25, 0.3) is 0 Å². The van der Waals surface area contributed by atoms with Crippen LogP contribution in [0.4, 0.5) is 4.79 Å². The monoisotopic (exact) mass is 239 g/mol. The van der Waals surface area contributed by atoms with Gasteiger partial charge in [0.2, 0.25) is 0 Å². The van der Waals surface area contributed by atoms with Crippen molar-refractivity contribution in [3.63, 3.8) is 0 Å². The summed E-state index contributed by atoms with van der Waals surface area (Å²) in [6, 6.07) is -0.223. The lowest BCUT2D eigenvalue weighted by molar-refractivity contribution is -0.132. The lowest BCUT2D eigenvalue weighted by atomic mass is 9.90. The molecular formula is C12H21N3O2. The molecule has 2 unspecified atom stereocenters. The fraction of sp³-hybridized carbons (Fsp3) is 0.833. The van der Waals surface area contributed by atoms with E-state index in [0.29, 0.717) is 19.0 Å². The molecule has 17 heavy (non-hydrogen) atoms. The number of amides is 3. The first-order chi connectivity index (χ1) is 8.09. The Morgan fingerprint density at radius 2 is 2.24 bits per heavy atom. The fourth-order valence-electron chi connectivity index (χ4n) is 2.48. The van der Waals surface area contributed by atoms with Gasteiger partial charge in [0.15, 0.2) is 0 Å². The summed E-state index contributed by atoms with van der Waals surface area (Å²) < 4.78 is 0. The molecule has 0 aromatic rings. The van der Waals surface area contributed by atoms with Gasteiger partial charge in [-0.2, -0.15) is 0 Å². The maximum atomic E-state index is 12.3. The van der Waals surface area contributed by atoms with Crippen molar-refractivity contribution in [2.45, 2.75) is 38.6 Å². The number of urea groups is 1. The number of imide groups is 1. The van der Waals surface area contributed by atoms with Crippen LogP contribution in [0.15, 0.2) is 0 Å². The normalized spacial score (nSPS) is 30.8. The smallest absolute Gasteiger partial charge is 0.322 e. The minimum Gasteiger partial charge on any atom is -0.322 e. The van der Waals surface area contributed by atoms with Crippen molar-refractivity contribution >= 4 is 11.9 Å². The number of rotatable bonds is 3.